The van der Waals surface area contributed by atoms with E-state index in [1.807, 2.05) is 13.0 Å². The lowest BCUT2D eigenvalue weighted by Gasteiger charge is -2.04. The second kappa shape index (κ2) is 5.88. The molecule has 0 aliphatic rings. The number of nitrogens with zero attached hydrogens (tertiary/aromatic N) is 1. The Morgan fingerprint density at radius 3 is 2.93 bits per heavy atom. The molecule has 0 atom stereocenters. The summed E-state index contributed by atoms with van der Waals surface area (Å²) in [5.74, 6) is 0.919. The van der Waals surface area contributed by atoms with Crippen LogP contribution in [0.15, 0.2) is 6.07 Å². The van der Waals surface area contributed by atoms with Crippen LogP contribution in [0.2, 0.25) is 0 Å². The third-order valence-corrected chi connectivity index (χ3v) is 2.13. The summed E-state index contributed by atoms with van der Waals surface area (Å²) in [5, 5.41) is 0. The Kier molecular flexibility index (Phi) is 4.76. The quantitative estimate of drug-likeness (QED) is 0.601. The predicted octanol–water partition coefficient (Wildman–Crippen LogP) is 2.28. The number of aromatic nitrogens is 2. The van der Waals surface area contributed by atoms with Crippen molar-refractivity contribution >= 4 is 12.2 Å². The van der Waals surface area contributed by atoms with Gasteiger partial charge in [-0.15, -0.1) is 0 Å². The van der Waals surface area contributed by atoms with E-state index >= 15 is 0 Å². The molecule has 1 rings (SSSR count). The van der Waals surface area contributed by atoms with Crippen LogP contribution in [0.4, 0.5) is 0 Å². The first-order valence-corrected chi connectivity index (χ1v) is 5.34. The molecule has 0 fully saturated rings. The van der Waals surface area contributed by atoms with Gasteiger partial charge in [-0.2, -0.15) is 0 Å². The van der Waals surface area contributed by atoms with E-state index in [0.717, 1.165) is 31.0 Å². The highest BCUT2D eigenvalue weighted by atomic mass is 32.1. The normalized spacial score (nSPS) is 10.4. The van der Waals surface area contributed by atoms with Crippen LogP contribution in [0, 0.1) is 4.64 Å². The molecule has 1 aromatic rings. The third-order valence-electron chi connectivity index (χ3n) is 1.92. The SMILES string of the molecule is CCOCCc1nc(=S)cc(CC)[nH]1. The van der Waals surface area contributed by atoms with Crippen LogP contribution in [-0.2, 0) is 17.6 Å². The van der Waals surface area contributed by atoms with Gasteiger partial charge < -0.3 is 9.72 Å². The van der Waals surface area contributed by atoms with Gasteiger partial charge in [0.05, 0.1) is 6.61 Å². The fourth-order valence-corrected chi connectivity index (χ4v) is 1.44. The zero-order valence-electron chi connectivity index (χ0n) is 8.67. The van der Waals surface area contributed by atoms with Crippen LogP contribution in [0.1, 0.15) is 25.4 Å². The number of aryl methyl sites for hydroxylation is 1. The van der Waals surface area contributed by atoms with Crippen molar-refractivity contribution in [2.75, 3.05) is 13.2 Å². The van der Waals surface area contributed by atoms with Crippen molar-refractivity contribution in [2.45, 2.75) is 26.7 Å². The lowest BCUT2D eigenvalue weighted by Crippen LogP contribution is -2.04. The van der Waals surface area contributed by atoms with Crippen molar-refractivity contribution in [3.05, 3.63) is 22.2 Å². The van der Waals surface area contributed by atoms with Crippen molar-refractivity contribution in [2.24, 2.45) is 0 Å². The lowest BCUT2D eigenvalue weighted by molar-refractivity contribution is 0.149. The lowest BCUT2D eigenvalue weighted by atomic mass is 10.3. The molecule has 0 saturated heterocycles. The molecule has 14 heavy (non-hydrogen) atoms. The summed E-state index contributed by atoms with van der Waals surface area (Å²) in [4.78, 5) is 7.47. The number of aromatic amines is 1. The maximum absolute atomic E-state index is 5.26. The highest BCUT2D eigenvalue weighted by molar-refractivity contribution is 7.71. The molecule has 0 aromatic carbocycles. The van der Waals surface area contributed by atoms with Crippen LogP contribution in [0.3, 0.4) is 0 Å². The van der Waals surface area contributed by atoms with Crippen molar-refractivity contribution in [3.8, 4) is 0 Å². The summed E-state index contributed by atoms with van der Waals surface area (Å²) in [6.07, 6.45) is 1.75. The van der Waals surface area contributed by atoms with Crippen LogP contribution in [-0.4, -0.2) is 23.2 Å². The van der Waals surface area contributed by atoms with Crippen LogP contribution in [0.5, 0.6) is 0 Å². The molecule has 0 bridgehead atoms. The average Bonchev–Trinajstić information content (AvgIpc) is 2.17. The summed E-state index contributed by atoms with van der Waals surface area (Å²) < 4.78 is 5.92. The molecule has 0 saturated carbocycles. The van der Waals surface area contributed by atoms with E-state index in [9.17, 15) is 0 Å². The maximum atomic E-state index is 5.26. The first-order valence-electron chi connectivity index (χ1n) is 4.93. The number of hydrogen-bond acceptors (Lipinski definition) is 3. The Bertz CT molecular complexity index is 335. The highest BCUT2D eigenvalue weighted by Crippen LogP contribution is 1.99. The minimum atomic E-state index is 0.659. The monoisotopic (exact) mass is 212 g/mol. The molecule has 0 amide bonds. The van der Waals surface area contributed by atoms with Crippen molar-refractivity contribution in [3.63, 3.8) is 0 Å². The molecule has 1 heterocycles. The fraction of sp³-hybridized carbons (Fsp3) is 0.600. The second-order valence-corrected chi connectivity index (χ2v) is 3.41. The van der Waals surface area contributed by atoms with E-state index in [0.29, 0.717) is 11.2 Å². The Morgan fingerprint density at radius 1 is 1.50 bits per heavy atom. The molecule has 1 aromatic heterocycles. The Hall–Kier alpha value is -0.740. The van der Waals surface area contributed by atoms with Gasteiger partial charge in [0.1, 0.15) is 10.5 Å². The van der Waals surface area contributed by atoms with E-state index < -0.39 is 0 Å². The summed E-state index contributed by atoms with van der Waals surface area (Å²) in [5.41, 5.74) is 1.14. The number of rotatable bonds is 5. The van der Waals surface area contributed by atoms with Gasteiger partial charge >= 0.3 is 0 Å². The summed E-state index contributed by atoms with van der Waals surface area (Å²) >= 11 is 5.06. The number of nitrogens with one attached hydrogen (secondary N) is 1. The standard InChI is InChI=1S/C10H16N2OS/c1-3-8-7-10(14)12-9(11-8)5-6-13-4-2/h7H,3-6H2,1-2H3,(H,11,12,14). The van der Waals surface area contributed by atoms with Crippen LogP contribution < -0.4 is 0 Å². The van der Waals surface area contributed by atoms with Gasteiger partial charge in [0, 0.05) is 18.7 Å². The van der Waals surface area contributed by atoms with Gasteiger partial charge in [-0.1, -0.05) is 19.1 Å². The number of H-pyrrole nitrogens is 1. The van der Waals surface area contributed by atoms with Gasteiger partial charge in [0.25, 0.3) is 0 Å². The van der Waals surface area contributed by atoms with Gasteiger partial charge in [-0.05, 0) is 19.4 Å². The van der Waals surface area contributed by atoms with Crippen LogP contribution in [0.25, 0.3) is 0 Å². The molecule has 0 aliphatic heterocycles. The Balaban J connectivity index is 2.67. The zero-order chi connectivity index (χ0) is 10.4. The first-order chi connectivity index (χ1) is 6.76. The van der Waals surface area contributed by atoms with E-state index in [1.54, 1.807) is 0 Å². The minimum Gasteiger partial charge on any atom is -0.381 e. The molecule has 3 nitrogen and oxygen atoms in total. The first kappa shape index (κ1) is 11.3. The Labute approximate surface area is 89.5 Å². The number of ether oxygens (including phenoxy) is 1. The smallest absolute Gasteiger partial charge is 0.129 e. The summed E-state index contributed by atoms with van der Waals surface area (Å²) in [6, 6.07) is 1.90. The van der Waals surface area contributed by atoms with E-state index in [4.69, 9.17) is 17.0 Å². The summed E-state index contributed by atoms with van der Waals surface area (Å²) in [6.45, 7) is 5.52. The molecule has 0 unspecified atom stereocenters. The summed E-state index contributed by atoms with van der Waals surface area (Å²) in [7, 11) is 0. The van der Waals surface area contributed by atoms with E-state index in [2.05, 4.69) is 16.9 Å². The van der Waals surface area contributed by atoms with E-state index in [-0.39, 0.29) is 0 Å². The molecule has 4 heteroatoms. The molecule has 0 spiro atoms. The molecule has 1 N–H and O–H groups in total. The minimum absolute atomic E-state index is 0.659. The average molecular weight is 212 g/mol. The Morgan fingerprint density at radius 2 is 2.29 bits per heavy atom. The van der Waals surface area contributed by atoms with Gasteiger partial charge in [0.15, 0.2) is 0 Å². The van der Waals surface area contributed by atoms with Crippen LogP contribution >= 0.6 is 12.2 Å². The second-order valence-electron chi connectivity index (χ2n) is 2.99. The molecular weight excluding hydrogens is 196 g/mol. The van der Waals surface area contributed by atoms with Crippen molar-refractivity contribution < 1.29 is 4.74 Å². The molecule has 0 radical (unpaired) electrons. The van der Waals surface area contributed by atoms with Gasteiger partial charge in [-0.25, -0.2) is 4.98 Å². The largest absolute Gasteiger partial charge is 0.381 e. The zero-order valence-corrected chi connectivity index (χ0v) is 9.49. The van der Waals surface area contributed by atoms with Gasteiger partial charge in [-0.3, -0.25) is 0 Å². The molecule has 78 valence electrons. The fourth-order valence-electron chi connectivity index (χ4n) is 1.19. The van der Waals surface area contributed by atoms with Crippen molar-refractivity contribution in [1.82, 2.24) is 9.97 Å². The molecule has 0 aliphatic carbocycles. The van der Waals surface area contributed by atoms with Crippen molar-refractivity contribution in [1.29, 1.82) is 0 Å². The highest BCUT2D eigenvalue weighted by Gasteiger charge is 1.97. The molecular formula is C10H16N2OS. The number of hydrogen-bond donors (Lipinski definition) is 1. The third kappa shape index (κ3) is 3.55. The predicted molar refractivity (Wildman–Crippen MR) is 59.0 cm³/mol. The van der Waals surface area contributed by atoms with E-state index in [1.165, 1.54) is 0 Å². The topological polar surface area (TPSA) is 37.9 Å². The maximum Gasteiger partial charge on any atom is 0.129 e. The van der Waals surface area contributed by atoms with Gasteiger partial charge in [0.2, 0.25) is 0 Å².